The van der Waals surface area contributed by atoms with Crippen molar-refractivity contribution in [2.24, 2.45) is 0 Å². The molecule has 0 bridgehead atoms. The van der Waals surface area contributed by atoms with Gasteiger partial charge in [-0.2, -0.15) is 0 Å². The predicted molar refractivity (Wildman–Crippen MR) is 120 cm³/mol. The van der Waals surface area contributed by atoms with Gasteiger partial charge in [0.15, 0.2) is 5.13 Å². The molecule has 0 radical (unpaired) electrons. The van der Waals surface area contributed by atoms with Crippen LogP contribution in [0.5, 0.6) is 0 Å². The Morgan fingerprint density at radius 1 is 1.20 bits per heavy atom. The van der Waals surface area contributed by atoms with Crippen molar-refractivity contribution in [1.29, 1.82) is 0 Å². The number of carbonyl (C=O) groups excluding carboxylic acids is 1. The summed E-state index contributed by atoms with van der Waals surface area (Å²) in [5.74, 6) is -0.0776. The van der Waals surface area contributed by atoms with E-state index in [2.05, 4.69) is 35.0 Å². The molecule has 7 heteroatoms. The zero-order valence-corrected chi connectivity index (χ0v) is 18.1. The topological polar surface area (TPSA) is 67.2 Å². The van der Waals surface area contributed by atoms with Gasteiger partial charge in [0.2, 0.25) is 0 Å². The van der Waals surface area contributed by atoms with Crippen LogP contribution in [-0.2, 0) is 12.0 Å². The first-order valence-corrected chi connectivity index (χ1v) is 11.1. The van der Waals surface area contributed by atoms with E-state index in [0.29, 0.717) is 25.2 Å². The maximum absolute atomic E-state index is 13.0. The maximum Gasteiger partial charge on any atom is 0.254 e. The molecule has 6 nitrogen and oxygen atoms in total. The van der Waals surface area contributed by atoms with Crippen molar-refractivity contribution in [2.75, 3.05) is 25.5 Å². The number of benzene rings is 1. The number of hydrogen-bond acceptors (Lipinski definition) is 5. The molecule has 2 aromatic heterocycles. The molecule has 1 aromatic carbocycles. The average molecular weight is 423 g/mol. The highest BCUT2D eigenvalue weighted by molar-refractivity contribution is 7.13. The summed E-state index contributed by atoms with van der Waals surface area (Å²) in [6.45, 7) is 3.75. The number of likely N-dealkylation sites (tertiary alicyclic amines) is 1. The van der Waals surface area contributed by atoms with Gasteiger partial charge in [0.1, 0.15) is 0 Å². The Kier molecular flexibility index (Phi) is 5.72. The fourth-order valence-electron chi connectivity index (χ4n) is 4.23. The largest absolute Gasteiger partial charge is 0.365 e. The molecule has 0 saturated carbocycles. The first-order valence-electron chi connectivity index (χ1n) is 10.3. The Labute approximate surface area is 180 Å². The Hall–Kier alpha value is -2.93. The third-order valence-corrected chi connectivity index (χ3v) is 6.88. The summed E-state index contributed by atoms with van der Waals surface area (Å²) >= 11 is 1.61. The molecule has 0 spiro atoms. The summed E-state index contributed by atoms with van der Waals surface area (Å²) < 4.78 is 1.59. The Morgan fingerprint density at radius 3 is 2.53 bits per heavy atom. The van der Waals surface area contributed by atoms with Crippen LogP contribution in [0.1, 0.15) is 41.4 Å². The average Bonchev–Trinajstić information content (AvgIpc) is 3.29. The van der Waals surface area contributed by atoms with Gasteiger partial charge < -0.3 is 14.8 Å². The van der Waals surface area contributed by atoms with Gasteiger partial charge in [0.25, 0.3) is 11.5 Å². The van der Waals surface area contributed by atoms with Gasteiger partial charge in [-0.1, -0.05) is 30.3 Å². The first-order chi connectivity index (χ1) is 14.6. The van der Waals surface area contributed by atoms with Crippen LogP contribution in [0, 0.1) is 0 Å². The minimum Gasteiger partial charge on any atom is -0.365 e. The second-order valence-corrected chi connectivity index (χ2v) is 8.43. The molecule has 3 aromatic rings. The highest BCUT2D eigenvalue weighted by atomic mass is 32.1. The van der Waals surface area contributed by atoms with Gasteiger partial charge in [0.05, 0.1) is 5.69 Å². The number of aryl methyl sites for hydroxylation is 1. The lowest BCUT2D eigenvalue weighted by Gasteiger charge is -2.41. The molecule has 4 rings (SSSR count). The number of pyridine rings is 1. The van der Waals surface area contributed by atoms with Gasteiger partial charge in [-0.25, -0.2) is 4.98 Å². The van der Waals surface area contributed by atoms with Crippen molar-refractivity contribution < 1.29 is 4.79 Å². The van der Waals surface area contributed by atoms with Crippen LogP contribution in [0.2, 0.25) is 0 Å². The molecule has 1 fully saturated rings. The third-order valence-electron chi connectivity index (χ3n) is 6.02. The Balaban J connectivity index is 1.60. The van der Waals surface area contributed by atoms with E-state index in [4.69, 9.17) is 4.98 Å². The molecule has 3 heterocycles. The molecule has 0 atom stereocenters. The number of carbonyl (C=O) groups is 1. The van der Waals surface area contributed by atoms with E-state index in [-0.39, 0.29) is 16.9 Å². The van der Waals surface area contributed by atoms with E-state index in [1.807, 2.05) is 24.9 Å². The molecule has 1 aliphatic rings. The van der Waals surface area contributed by atoms with Crippen molar-refractivity contribution in [2.45, 2.75) is 31.7 Å². The summed E-state index contributed by atoms with van der Waals surface area (Å²) in [4.78, 5) is 31.9. The number of piperidine rings is 1. The maximum atomic E-state index is 13.0. The quantitative estimate of drug-likeness (QED) is 0.682. The number of nitrogens with zero attached hydrogens (tertiary/aromatic N) is 3. The van der Waals surface area contributed by atoms with E-state index in [1.165, 1.54) is 11.6 Å². The van der Waals surface area contributed by atoms with Crippen molar-refractivity contribution in [3.8, 4) is 0 Å². The minimum atomic E-state index is -0.213. The molecule has 156 valence electrons. The smallest absolute Gasteiger partial charge is 0.254 e. The van der Waals surface area contributed by atoms with Gasteiger partial charge in [0, 0.05) is 55.3 Å². The fraction of sp³-hybridized carbons (Fsp3) is 0.348. The normalized spacial score (nSPS) is 15.7. The monoisotopic (exact) mass is 422 g/mol. The Morgan fingerprint density at radius 2 is 1.93 bits per heavy atom. The van der Waals surface area contributed by atoms with Gasteiger partial charge in [-0.3, -0.25) is 9.59 Å². The van der Waals surface area contributed by atoms with E-state index in [0.717, 1.165) is 23.7 Å². The van der Waals surface area contributed by atoms with Crippen molar-refractivity contribution >= 4 is 22.4 Å². The summed E-state index contributed by atoms with van der Waals surface area (Å²) in [5, 5.41) is 6.15. The fourth-order valence-corrected chi connectivity index (χ4v) is 5.00. The summed E-state index contributed by atoms with van der Waals surface area (Å²) in [7, 11) is 1.88. The summed E-state index contributed by atoms with van der Waals surface area (Å²) in [6, 6.07) is 13.6. The highest BCUT2D eigenvalue weighted by Crippen LogP contribution is 2.42. The zero-order valence-electron chi connectivity index (χ0n) is 17.3. The SMILES string of the molecule is CCn1ccc(C(=O)N2CCC(c3ccccc3)(c3csc(NC)n3)CC2)cc1=O. The lowest BCUT2D eigenvalue weighted by molar-refractivity contribution is 0.0684. The van der Waals surface area contributed by atoms with Crippen LogP contribution in [0.25, 0.3) is 0 Å². The number of thiazole rings is 1. The molecule has 1 amide bonds. The van der Waals surface area contributed by atoms with Gasteiger partial charge >= 0.3 is 0 Å². The molecule has 1 N–H and O–H groups in total. The molecular weight excluding hydrogens is 396 g/mol. The molecule has 1 saturated heterocycles. The number of hydrogen-bond donors (Lipinski definition) is 1. The number of anilines is 1. The number of amides is 1. The van der Waals surface area contributed by atoms with Crippen LogP contribution in [0.4, 0.5) is 5.13 Å². The second kappa shape index (κ2) is 8.44. The molecular formula is C23H26N4O2S. The second-order valence-electron chi connectivity index (χ2n) is 7.57. The minimum absolute atomic E-state index is 0.0776. The van der Waals surface area contributed by atoms with E-state index < -0.39 is 0 Å². The van der Waals surface area contributed by atoms with Crippen LogP contribution < -0.4 is 10.9 Å². The van der Waals surface area contributed by atoms with Crippen molar-refractivity contribution in [3.05, 3.63) is 81.2 Å². The van der Waals surface area contributed by atoms with Crippen LogP contribution in [0.3, 0.4) is 0 Å². The van der Waals surface area contributed by atoms with E-state index >= 15 is 0 Å². The third kappa shape index (κ3) is 3.65. The van der Waals surface area contributed by atoms with Crippen molar-refractivity contribution in [3.63, 3.8) is 0 Å². The molecule has 0 unspecified atom stereocenters. The number of nitrogens with one attached hydrogen (secondary N) is 1. The highest BCUT2D eigenvalue weighted by Gasteiger charge is 2.41. The van der Waals surface area contributed by atoms with Crippen LogP contribution in [0.15, 0.2) is 58.8 Å². The van der Waals surface area contributed by atoms with E-state index in [9.17, 15) is 9.59 Å². The number of aromatic nitrogens is 2. The van der Waals surface area contributed by atoms with Gasteiger partial charge in [-0.05, 0) is 31.4 Å². The molecule has 1 aliphatic heterocycles. The lowest BCUT2D eigenvalue weighted by Crippen LogP contribution is -2.46. The molecule has 30 heavy (non-hydrogen) atoms. The number of rotatable bonds is 5. The first kappa shape index (κ1) is 20.3. The summed E-state index contributed by atoms with van der Waals surface area (Å²) in [5.41, 5.74) is 2.40. The summed E-state index contributed by atoms with van der Waals surface area (Å²) in [6.07, 6.45) is 3.28. The Bertz CT molecular complexity index is 1080. The standard InChI is InChI=1S/C23H26N4O2S/c1-3-26-12-9-17(15-20(26)28)21(29)27-13-10-23(11-14-27,18-7-5-4-6-8-18)19-16-30-22(24-2)25-19/h4-9,12,15-16H,3,10-11,13-14H2,1-2H3,(H,24,25). The molecule has 0 aliphatic carbocycles. The van der Waals surface area contributed by atoms with Crippen LogP contribution >= 0.6 is 11.3 Å². The van der Waals surface area contributed by atoms with Crippen LogP contribution in [-0.4, -0.2) is 40.5 Å². The van der Waals surface area contributed by atoms with Crippen molar-refractivity contribution in [1.82, 2.24) is 14.5 Å². The zero-order chi connectivity index (χ0) is 21.1. The predicted octanol–water partition coefficient (Wildman–Crippen LogP) is 3.59. The lowest BCUT2D eigenvalue weighted by atomic mass is 9.70. The van der Waals surface area contributed by atoms with E-state index in [1.54, 1.807) is 28.2 Å². The van der Waals surface area contributed by atoms with Gasteiger partial charge in [-0.15, -0.1) is 11.3 Å².